The van der Waals surface area contributed by atoms with Crippen LogP contribution in [0, 0.1) is 0 Å². The number of amides is 1. The van der Waals surface area contributed by atoms with E-state index in [1.807, 2.05) is 30.3 Å². The fourth-order valence-electron chi connectivity index (χ4n) is 3.30. The number of thiophene rings is 1. The highest BCUT2D eigenvalue weighted by Gasteiger charge is 2.10. The molecule has 3 aromatic rings. The van der Waals surface area contributed by atoms with Gasteiger partial charge in [-0.2, -0.15) is 0 Å². The molecule has 2 aromatic carbocycles. The maximum atomic E-state index is 12.5. The van der Waals surface area contributed by atoms with Crippen LogP contribution in [0.3, 0.4) is 0 Å². The van der Waals surface area contributed by atoms with Crippen LogP contribution in [-0.2, 0) is 6.54 Å². The minimum absolute atomic E-state index is 0.0281. The molecule has 0 aliphatic heterocycles. The molecule has 3 rings (SSSR count). The van der Waals surface area contributed by atoms with Crippen LogP contribution in [-0.4, -0.2) is 30.4 Å². The maximum absolute atomic E-state index is 12.5. The van der Waals surface area contributed by atoms with E-state index in [1.54, 1.807) is 11.3 Å². The first kappa shape index (κ1) is 21.3. The standard InChI is InChI=1S/C25H30N2OS/c1-2-3-18-27(20-21-11-6-4-7-12-21)19-10-17-26-25(28)24-16-15-23(29-24)22-13-8-5-9-14-22/h4-9,11-16H,2-3,10,17-20H2,1H3,(H,26,28). The lowest BCUT2D eigenvalue weighted by Crippen LogP contribution is -2.30. The van der Waals surface area contributed by atoms with Gasteiger partial charge in [-0.1, -0.05) is 74.0 Å². The zero-order valence-corrected chi connectivity index (χ0v) is 18.0. The highest BCUT2D eigenvalue weighted by Crippen LogP contribution is 2.27. The van der Waals surface area contributed by atoms with E-state index in [1.165, 1.54) is 18.4 Å². The molecule has 1 aromatic heterocycles. The lowest BCUT2D eigenvalue weighted by Gasteiger charge is -2.22. The van der Waals surface area contributed by atoms with Gasteiger partial charge in [-0.3, -0.25) is 9.69 Å². The minimum atomic E-state index is 0.0281. The van der Waals surface area contributed by atoms with E-state index in [0.717, 1.165) is 41.4 Å². The van der Waals surface area contributed by atoms with E-state index in [2.05, 4.69) is 59.6 Å². The zero-order valence-electron chi connectivity index (χ0n) is 17.1. The molecule has 0 atom stereocenters. The normalized spacial score (nSPS) is 11.0. The first-order chi connectivity index (χ1) is 14.3. The summed E-state index contributed by atoms with van der Waals surface area (Å²) < 4.78 is 0. The molecule has 4 heteroatoms. The molecule has 1 amide bonds. The second kappa shape index (κ2) is 11.5. The number of nitrogens with one attached hydrogen (secondary N) is 1. The van der Waals surface area contributed by atoms with E-state index in [4.69, 9.17) is 0 Å². The highest BCUT2D eigenvalue weighted by molar-refractivity contribution is 7.17. The van der Waals surface area contributed by atoms with Crippen LogP contribution >= 0.6 is 11.3 Å². The second-order valence-corrected chi connectivity index (χ2v) is 8.34. The van der Waals surface area contributed by atoms with Crippen LogP contribution in [0.5, 0.6) is 0 Å². The van der Waals surface area contributed by atoms with Crippen LogP contribution in [0.25, 0.3) is 10.4 Å². The van der Waals surface area contributed by atoms with Crippen LogP contribution in [0.2, 0.25) is 0 Å². The maximum Gasteiger partial charge on any atom is 0.261 e. The molecule has 0 unspecified atom stereocenters. The first-order valence-electron chi connectivity index (χ1n) is 10.5. The Labute approximate surface area is 178 Å². The Morgan fingerprint density at radius 1 is 0.897 bits per heavy atom. The van der Waals surface area contributed by atoms with Gasteiger partial charge in [-0.05, 0) is 42.6 Å². The molecule has 0 saturated heterocycles. The summed E-state index contributed by atoms with van der Waals surface area (Å²) in [6.07, 6.45) is 3.36. The average molecular weight is 407 g/mol. The lowest BCUT2D eigenvalue weighted by atomic mass is 10.2. The average Bonchev–Trinajstić information content (AvgIpc) is 3.26. The molecule has 1 heterocycles. The van der Waals surface area contributed by atoms with Crippen molar-refractivity contribution in [3.8, 4) is 10.4 Å². The van der Waals surface area contributed by atoms with Crippen molar-refractivity contribution in [2.45, 2.75) is 32.7 Å². The number of hydrogen-bond acceptors (Lipinski definition) is 3. The molecular weight excluding hydrogens is 376 g/mol. The Morgan fingerprint density at radius 2 is 1.59 bits per heavy atom. The molecule has 152 valence electrons. The van der Waals surface area contributed by atoms with Gasteiger partial charge < -0.3 is 5.32 Å². The van der Waals surface area contributed by atoms with E-state index in [9.17, 15) is 4.79 Å². The van der Waals surface area contributed by atoms with Crippen molar-refractivity contribution in [3.05, 3.63) is 83.2 Å². The molecule has 0 aliphatic carbocycles. The van der Waals surface area contributed by atoms with Crippen LogP contribution in [0.15, 0.2) is 72.8 Å². The molecule has 0 fully saturated rings. The number of unbranched alkanes of at least 4 members (excludes halogenated alkanes) is 1. The van der Waals surface area contributed by atoms with Gasteiger partial charge in [0.2, 0.25) is 0 Å². The predicted molar refractivity (Wildman–Crippen MR) is 123 cm³/mol. The third-order valence-electron chi connectivity index (χ3n) is 4.90. The monoisotopic (exact) mass is 406 g/mol. The number of benzene rings is 2. The second-order valence-electron chi connectivity index (χ2n) is 7.25. The summed E-state index contributed by atoms with van der Waals surface area (Å²) in [6, 6.07) is 24.8. The molecule has 0 spiro atoms. The van der Waals surface area contributed by atoms with E-state index >= 15 is 0 Å². The van der Waals surface area contributed by atoms with Gasteiger partial charge in [0.05, 0.1) is 4.88 Å². The van der Waals surface area contributed by atoms with E-state index in [0.29, 0.717) is 6.54 Å². The minimum Gasteiger partial charge on any atom is -0.351 e. The summed E-state index contributed by atoms with van der Waals surface area (Å²) in [5.74, 6) is 0.0281. The summed E-state index contributed by atoms with van der Waals surface area (Å²) in [5.41, 5.74) is 2.50. The summed E-state index contributed by atoms with van der Waals surface area (Å²) in [7, 11) is 0. The van der Waals surface area contributed by atoms with Crippen molar-refractivity contribution >= 4 is 17.2 Å². The number of carbonyl (C=O) groups excluding carboxylic acids is 1. The van der Waals surface area contributed by atoms with Gasteiger partial charge in [-0.25, -0.2) is 0 Å². The van der Waals surface area contributed by atoms with E-state index in [-0.39, 0.29) is 5.91 Å². The highest BCUT2D eigenvalue weighted by atomic mass is 32.1. The van der Waals surface area contributed by atoms with Gasteiger partial charge in [-0.15, -0.1) is 11.3 Å². The molecule has 0 aliphatic rings. The quantitative estimate of drug-likeness (QED) is 0.406. The van der Waals surface area contributed by atoms with E-state index < -0.39 is 0 Å². The SMILES string of the molecule is CCCCN(CCCNC(=O)c1ccc(-c2ccccc2)s1)Cc1ccccc1. The molecule has 1 N–H and O–H groups in total. The third kappa shape index (κ3) is 6.84. The van der Waals surface area contributed by atoms with Crippen LogP contribution < -0.4 is 5.32 Å². The number of nitrogens with zero attached hydrogens (tertiary/aromatic N) is 1. The number of rotatable bonds is 11. The number of carbonyl (C=O) groups is 1. The number of hydrogen-bond donors (Lipinski definition) is 1. The Morgan fingerprint density at radius 3 is 2.31 bits per heavy atom. The van der Waals surface area contributed by atoms with Crippen molar-refractivity contribution in [3.63, 3.8) is 0 Å². The van der Waals surface area contributed by atoms with Crippen molar-refractivity contribution in [2.75, 3.05) is 19.6 Å². The van der Waals surface area contributed by atoms with Gasteiger partial charge in [0.15, 0.2) is 0 Å². The van der Waals surface area contributed by atoms with Gasteiger partial charge >= 0.3 is 0 Å². The van der Waals surface area contributed by atoms with Crippen LogP contribution in [0.4, 0.5) is 0 Å². The van der Waals surface area contributed by atoms with Crippen molar-refractivity contribution < 1.29 is 4.79 Å². The smallest absolute Gasteiger partial charge is 0.261 e. The fourth-order valence-corrected chi connectivity index (χ4v) is 4.23. The molecular formula is C25H30N2OS. The predicted octanol–water partition coefficient (Wildman–Crippen LogP) is 5.84. The van der Waals surface area contributed by atoms with Crippen molar-refractivity contribution in [1.29, 1.82) is 0 Å². The zero-order chi connectivity index (χ0) is 20.3. The Balaban J connectivity index is 1.45. The van der Waals surface area contributed by atoms with Crippen molar-refractivity contribution in [2.24, 2.45) is 0 Å². The third-order valence-corrected chi connectivity index (χ3v) is 6.03. The Bertz CT molecular complexity index is 861. The fraction of sp³-hybridized carbons (Fsp3) is 0.320. The lowest BCUT2D eigenvalue weighted by molar-refractivity contribution is 0.0955. The Hall–Kier alpha value is -2.43. The first-order valence-corrected chi connectivity index (χ1v) is 11.3. The Kier molecular flexibility index (Phi) is 8.47. The van der Waals surface area contributed by atoms with Gasteiger partial charge in [0.1, 0.15) is 0 Å². The topological polar surface area (TPSA) is 32.3 Å². The molecule has 0 radical (unpaired) electrons. The van der Waals surface area contributed by atoms with Crippen molar-refractivity contribution in [1.82, 2.24) is 10.2 Å². The summed E-state index contributed by atoms with van der Waals surface area (Å²) >= 11 is 1.55. The van der Waals surface area contributed by atoms with Gasteiger partial charge in [0, 0.05) is 24.5 Å². The summed E-state index contributed by atoms with van der Waals surface area (Å²) in [4.78, 5) is 16.9. The molecule has 3 nitrogen and oxygen atoms in total. The summed E-state index contributed by atoms with van der Waals surface area (Å²) in [5, 5.41) is 3.08. The molecule has 29 heavy (non-hydrogen) atoms. The van der Waals surface area contributed by atoms with Gasteiger partial charge in [0.25, 0.3) is 5.91 Å². The largest absolute Gasteiger partial charge is 0.351 e. The molecule has 0 bridgehead atoms. The van der Waals surface area contributed by atoms with Crippen LogP contribution in [0.1, 0.15) is 41.4 Å². The molecule has 0 saturated carbocycles. The summed E-state index contributed by atoms with van der Waals surface area (Å²) in [6.45, 7) is 6.00.